The van der Waals surface area contributed by atoms with Gasteiger partial charge in [-0.3, -0.25) is 4.79 Å². The highest BCUT2D eigenvalue weighted by molar-refractivity contribution is 6.31. The van der Waals surface area contributed by atoms with Gasteiger partial charge in [0.1, 0.15) is 5.69 Å². The second-order valence-corrected chi connectivity index (χ2v) is 5.12. The maximum atomic E-state index is 12.0. The van der Waals surface area contributed by atoms with Crippen molar-refractivity contribution in [3.8, 4) is 0 Å². The number of hydrogen-bond donors (Lipinski definition) is 2. The van der Waals surface area contributed by atoms with E-state index in [1.54, 1.807) is 6.07 Å². The quantitative estimate of drug-likeness (QED) is 0.845. The van der Waals surface area contributed by atoms with Gasteiger partial charge in [-0.2, -0.15) is 0 Å². The van der Waals surface area contributed by atoms with Crippen LogP contribution >= 0.6 is 11.6 Å². The van der Waals surface area contributed by atoms with Crippen molar-refractivity contribution in [3.05, 3.63) is 23.0 Å². The number of carbonyl (C=O) groups excluding carboxylic acids is 1. The summed E-state index contributed by atoms with van der Waals surface area (Å²) in [6, 6.07) is 2.12. The van der Waals surface area contributed by atoms with Crippen LogP contribution in [0.2, 0.25) is 5.02 Å². The van der Waals surface area contributed by atoms with Crippen molar-refractivity contribution in [2.24, 2.45) is 5.92 Å². The van der Waals surface area contributed by atoms with E-state index in [1.807, 2.05) is 17.7 Å². The molecular formula is C12H17ClN2O2. The molecule has 4 nitrogen and oxygen atoms in total. The van der Waals surface area contributed by atoms with E-state index < -0.39 is 0 Å². The zero-order valence-corrected chi connectivity index (χ0v) is 10.6. The number of hydrogen-bond acceptors (Lipinski definition) is 2. The van der Waals surface area contributed by atoms with E-state index in [9.17, 15) is 4.79 Å². The Balaban J connectivity index is 2.03. The molecule has 1 aromatic rings. The second-order valence-electron chi connectivity index (χ2n) is 4.68. The van der Waals surface area contributed by atoms with Gasteiger partial charge in [0.15, 0.2) is 0 Å². The average molecular weight is 257 g/mol. The third kappa shape index (κ3) is 3.01. The van der Waals surface area contributed by atoms with Gasteiger partial charge < -0.3 is 15.0 Å². The molecule has 1 aliphatic rings. The Kier molecular flexibility index (Phi) is 3.74. The highest BCUT2D eigenvalue weighted by Gasteiger charge is 2.27. The molecule has 1 heterocycles. The van der Waals surface area contributed by atoms with Gasteiger partial charge in [-0.05, 0) is 24.8 Å². The third-order valence-corrected chi connectivity index (χ3v) is 3.12. The van der Waals surface area contributed by atoms with Crippen molar-refractivity contribution < 1.29 is 9.90 Å². The monoisotopic (exact) mass is 256 g/mol. The van der Waals surface area contributed by atoms with E-state index in [0.29, 0.717) is 23.3 Å². The van der Waals surface area contributed by atoms with Crippen LogP contribution in [0.4, 0.5) is 0 Å². The first kappa shape index (κ1) is 12.5. The summed E-state index contributed by atoms with van der Waals surface area (Å²) >= 11 is 5.93. The summed E-state index contributed by atoms with van der Waals surface area (Å²) in [5.41, 5.74) is 0.614. The molecule has 1 atom stereocenters. The zero-order valence-electron chi connectivity index (χ0n) is 9.82. The molecule has 0 spiro atoms. The van der Waals surface area contributed by atoms with E-state index in [0.717, 1.165) is 12.8 Å². The minimum absolute atomic E-state index is 0.0683. The molecule has 17 heavy (non-hydrogen) atoms. The number of nitrogens with one attached hydrogen (secondary N) is 1. The Hall–Kier alpha value is -1.00. The first-order chi connectivity index (χ1) is 8.11. The van der Waals surface area contributed by atoms with E-state index in [-0.39, 0.29) is 18.4 Å². The fourth-order valence-electron chi connectivity index (χ4n) is 1.70. The average Bonchev–Trinajstić information content (AvgIpc) is 3.09. The van der Waals surface area contributed by atoms with Crippen LogP contribution in [0.15, 0.2) is 12.3 Å². The van der Waals surface area contributed by atoms with Crippen LogP contribution in [0.5, 0.6) is 0 Å². The van der Waals surface area contributed by atoms with E-state index >= 15 is 0 Å². The molecule has 1 fully saturated rings. The number of aliphatic hydroxyl groups excluding tert-OH is 1. The van der Waals surface area contributed by atoms with Crippen molar-refractivity contribution in [3.63, 3.8) is 0 Å². The van der Waals surface area contributed by atoms with Crippen LogP contribution in [-0.4, -0.2) is 28.7 Å². The second kappa shape index (κ2) is 5.10. The summed E-state index contributed by atoms with van der Waals surface area (Å²) in [6.07, 6.45) is 4.03. The number of amides is 1. The van der Waals surface area contributed by atoms with Crippen LogP contribution in [0, 0.1) is 5.92 Å². The molecule has 1 saturated carbocycles. The summed E-state index contributed by atoms with van der Waals surface area (Å²) in [7, 11) is 0. The summed E-state index contributed by atoms with van der Waals surface area (Å²) in [5, 5.41) is 12.3. The van der Waals surface area contributed by atoms with Crippen molar-refractivity contribution in [2.45, 2.75) is 25.8 Å². The fourth-order valence-corrected chi connectivity index (χ4v) is 1.91. The summed E-state index contributed by atoms with van der Waals surface area (Å²) in [4.78, 5) is 12.0. The van der Waals surface area contributed by atoms with Gasteiger partial charge in [0.05, 0.1) is 5.02 Å². The number of rotatable bonds is 5. The van der Waals surface area contributed by atoms with Gasteiger partial charge in [0, 0.05) is 25.4 Å². The van der Waals surface area contributed by atoms with Crippen molar-refractivity contribution in [1.29, 1.82) is 0 Å². The summed E-state index contributed by atoms with van der Waals surface area (Å²) < 4.78 is 1.95. The van der Waals surface area contributed by atoms with Gasteiger partial charge in [-0.1, -0.05) is 18.5 Å². The molecule has 0 saturated heterocycles. The normalized spacial score (nSPS) is 16.9. The molecule has 0 aromatic carbocycles. The number of aromatic nitrogens is 1. The Labute approximate surface area is 106 Å². The maximum Gasteiger partial charge on any atom is 0.267 e. The number of halogens is 1. The molecular weight excluding hydrogens is 240 g/mol. The van der Waals surface area contributed by atoms with E-state index in [1.165, 1.54) is 0 Å². The molecule has 1 aromatic heterocycles. The number of nitrogens with zero attached hydrogens (tertiary/aromatic N) is 1. The minimum Gasteiger partial charge on any atom is -0.396 e. The van der Waals surface area contributed by atoms with E-state index in [2.05, 4.69) is 5.32 Å². The van der Waals surface area contributed by atoms with Crippen LogP contribution in [0.25, 0.3) is 0 Å². The third-order valence-electron chi connectivity index (χ3n) is 2.91. The lowest BCUT2D eigenvalue weighted by Crippen LogP contribution is -2.30. The van der Waals surface area contributed by atoms with Crippen LogP contribution in [-0.2, 0) is 0 Å². The summed E-state index contributed by atoms with van der Waals surface area (Å²) in [6.45, 7) is 2.43. The Morgan fingerprint density at radius 2 is 2.41 bits per heavy atom. The lowest BCUT2D eigenvalue weighted by atomic mass is 10.2. The Morgan fingerprint density at radius 3 is 3.00 bits per heavy atom. The molecule has 0 bridgehead atoms. The van der Waals surface area contributed by atoms with Gasteiger partial charge in [0.2, 0.25) is 0 Å². The molecule has 1 amide bonds. The Morgan fingerprint density at radius 1 is 1.71 bits per heavy atom. The number of carbonyl (C=O) groups is 1. The molecule has 1 aliphatic carbocycles. The summed E-state index contributed by atoms with van der Waals surface area (Å²) in [5.74, 6) is -0.0529. The number of aliphatic hydroxyl groups is 1. The van der Waals surface area contributed by atoms with Crippen LogP contribution in [0.1, 0.15) is 36.3 Å². The smallest absolute Gasteiger partial charge is 0.267 e. The van der Waals surface area contributed by atoms with Crippen molar-refractivity contribution >= 4 is 17.5 Å². The molecule has 5 heteroatoms. The molecule has 2 rings (SSSR count). The first-order valence-electron chi connectivity index (χ1n) is 5.88. The van der Waals surface area contributed by atoms with Gasteiger partial charge >= 0.3 is 0 Å². The van der Waals surface area contributed by atoms with Gasteiger partial charge in [0.25, 0.3) is 5.91 Å². The maximum absolute atomic E-state index is 12.0. The molecule has 2 N–H and O–H groups in total. The minimum atomic E-state index is -0.121. The first-order valence-corrected chi connectivity index (χ1v) is 6.26. The lowest BCUT2D eigenvalue weighted by Gasteiger charge is -2.11. The van der Waals surface area contributed by atoms with Crippen LogP contribution < -0.4 is 5.32 Å². The highest BCUT2D eigenvalue weighted by Crippen LogP contribution is 2.37. The van der Waals surface area contributed by atoms with E-state index in [4.69, 9.17) is 16.7 Å². The molecule has 0 aliphatic heterocycles. The standard InChI is InChI=1S/C12H17ClN2O2/c1-8(7-16)5-14-12(17)11-4-9(13)6-15(11)10-2-3-10/h4,6,8,10,16H,2-3,5,7H2,1H3,(H,14,17). The SMILES string of the molecule is CC(CO)CNC(=O)c1cc(Cl)cn1C1CC1. The molecule has 94 valence electrons. The molecule has 0 radical (unpaired) electrons. The van der Waals surface area contributed by atoms with Gasteiger partial charge in [-0.25, -0.2) is 0 Å². The zero-order chi connectivity index (χ0) is 12.4. The highest BCUT2D eigenvalue weighted by atomic mass is 35.5. The molecule has 1 unspecified atom stereocenters. The van der Waals surface area contributed by atoms with Gasteiger partial charge in [-0.15, -0.1) is 0 Å². The van der Waals surface area contributed by atoms with Crippen molar-refractivity contribution in [1.82, 2.24) is 9.88 Å². The Bertz CT molecular complexity index is 413. The predicted molar refractivity (Wildman–Crippen MR) is 66.3 cm³/mol. The fraction of sp³-hybridized carbons (Fsp3) is 0.583. The van der Waals surface area contributed by atoms with Crippen LogP contribution in [0.3, 0.4) is 0 Å². The van der Waals surface area contributed by atoms with Crippen molar-refractivity contribution in [2.75, 3.05) is 13.2 Å². The topological polar surface area (TPSA) is 54.3 Å². The predicted octanol–water partition coefficient (Wildman–Crippen LogP) is 1.83. The lowest BCUT2D eigenvalue weighted by molar-refractivity contribution is 0.0933. The largest absolute Gasteiger partial charge is 0.396 e.